The number of aryl methyl sites for hydroxylation is 2. The third-order valence-electron chi connectivity index (χ3n) is 9.71. The first-order chi connectivity index (χ1) is 23.6. The molecule has 2 saturated carbocycles. The molecule has 13 heteroatoms. The summed E-state index contributed by atoms with van der Waals surface area (Å²) in [7, 11) is -1.16. The van der Waals surface area contributed by atoms with Crippen molar-refractivity contribution in [3.8, 4) is 11.1 Å². The number of nitrogens with one attached hydrogen (secondary N) is 2. The number of carbonyl (C=O) groups is 2. The van der Waals surface area contributed by atoms with Gasteiger partial charge in [-0.15, -0.1) is 0 Å². The Morgan fingerprint density at radius 3 is 2.37 bits per heavy atom. The van der Waals surface area contributed by atoms with Gasteiger partial charge in [0.15, 0.2) is 0 Å². The van der Waals surface area contributed by atoms with Crippen LogP contribution in [-0.4, -0.2) is 58.6 Å². The third-order valence-corrected chi connectivity index (χ3v) is 11.4. The highest BCUT2D eigenvalue weighted by Gasteiger charge is 2.48. The molecule has 0 spiro atoms. The minimum absolute atomic E-state index is 0.125. The Bertz CT molecular complexity index is 1600. The van der Waals surface area contributed by atoms with Gasteiger partial charge in [-0.05, 0) is 105 Å². The van der Waals surface area contributed by atoms with Crippen molar-refractivity contribution in [2.24, 2.45) is 22.9 Å². The molecule has 2 aliphatic rings. The first-order valence-corrected chi connectivity index (χ1v) is 21.6. The van der Waals surface area contributed by atoms with Crippen molar-refractivity contribution in [1.29, 1.82) is 0 Å². The monoisotopic (exact) mass is 687 g/mol. The Hall–Kier alpha value is -3.93. The summed E-state index contributed by atoms with van der Waals surface area (Å²) in [5, 5.41) is 19.0. The molecule has 3 aromatic rings. The van der Waals surface area contributed by atoms with E-state index in [1.54, 1.807) is 16.9 Å². The molecule has 0 saturated heterocycles. The standard InChI is InChI=1S/C36H53N9O3Si/c1-25-32(26(2)45(42-25)24-48-22-23-49(3,4)5)27-14-16-30(17-15-27)40-36(47)34(33(28-10-11-28)29-12-13-29)41-35(46)31-18-20-39-44(31)21-9-7-6-8-19-38-43-37/h14-18,20,28-29,33-34H,6-13,19,21-24H2,1-5H3,(H,40,47)(H,41,46)/t34-/m0/s1. The number of rotatable bonds is 20. The van der Waals surface area contributed by atoms with Crippen molar-refractivity contribution in [1.82, 2.24) is 24.9 Å². The van der Waals surface area contributed by atoms with Crippen LogP contribution in [0.15, 0.2) is 41.6 Å². The first-order valence-electron chi connectivity index (χ1n) is 17.9. The van der Waals surface area contributed by atoms with Gasteiger partial charge in [-0.25, -0.2) is 4.68 Å². The van der Waals surface area contributed by atoms with Crippen LogP contribution in [0.5, 0.6) is 0 Å². The fourth-order valence-corrected chi connectivity index (χ4v) is 7.46. The molecule has 2 aromatic heterocycles. The predicted molar refractivity (Wildman–Crippen MR) is 195 cm³/mol. The average molecular weight is 688 g/mol. The normalized spacial score (nSPS) is 15.2. The summed E-state index contributed by atoms with van der Waals surface area (Å²) in [5.41, 5.74) is 13.7. The molecule has 0 unspecified atom stereocenters. The molecule has 264 valence electrons. The molecule has 49 heavy (non-hydrogen) atoms. The van der Waals surface area contributed by atoms with Gasteiger partial charge in [0.25, 0.3) is 5.91 Å². The molecule has 2 heterocycles. The lowest BCUT2D eigenvalue weighted by Crippen LogP contribution is -2.50. The van der Waals surface area contributed by atoms with Crippen molar-refractivity contribution < 1.29 is 14.3 Å². The molecule has 0 aliphatic heterocycles. The van der Waals surface area contributed by atoms with Gasteiger partial charge in [0.05, 0.1) is 5.69 Å². The lowest BCUT2D eigenvalue weighted by atomic mass is 9.88. The lowest BCUT2D eigenvalue weighted by Gasteiger charge is -2.27. The van der Waals surface area contributed by atoms with Gasteiger partial charge in [0.1, 0.15) is 18.5 Å². The number of amides is 2. The Morgan fingerprint density at radius 2 is 1.71 bits per heavy atom. The second kappa shape index (κ2) is 16.6. The largest absolute Gasteiger partial charge is 0.360 e. The van der Waals surface area contributed by atoms with Gasteiger partial charge < -0.3 is 15.4 Å². The molecule has 5 rings (SSSR count). The van der Waals surface area contributed by atoms with Crippen LogP contribution in [0.4, 0.5) is 5.69 Å². The number of unbranched alkanes of at least 4 members (excludes halogenated alkanes) is 3. The van der Waals surface area contributed by atoms with E-state index in [0.717, 1.165) is 86.5 Å². The van der Waals surface area contributed by atoms with Crippen LogP contribution in [0.2, 0.25) is 25.7 Å². The highest BCUT2D eigenvalue weighted by atomic mass is 28.3. The number of hydrogen-bond acceptors (Lipinski definition) is 6. The number of aromatic nitrogens is 4. The van der Waals surface area contributed by atoms with Crippen molar-refractivity contribution >= 4 is 25.6 Å². The number of benzene rings is 1. The molecule has 0 bridgehead atoms. The maximum Gasteiger partial charge on any atom is 0.270 e. The molecule has 0 radical (unpaired) electrons. The smallest absolute Gasteiger partial charge is 0.270 e. The molecule has 1 atom stereocenters. The summed E-state index contributed by atoms with van der Waals surface area (Å²) >= 11 is 0. The SMILES string of the molecule is Cc1nn(COCC[Si](C)(C)C)c(C)c1-c1ccc(NC(=O)[C@@H](NC(=O)c2ccnn2CCCCCCN=[N+]=[N-])C(C2CC2)C2CC2)cc1. The van der Waals surface area contributed by atoms with Gasteiger partial charge in [0, 0.05) is 55.8 Å². The number of anilines is 1. The van der Waals surface area contributed by atoms with Crippen LogP contribution in [0.3, 0.4) is 0 Å². The summed E-state index contributed by atoms with van der Waals surface area (Å²) in [5.74, 6) is 0.605. The Labute approximate surface area is 291 Å². The van der Waals surface area contributed by atoms with Crippen molar-refractivity contribution in [3.63, 3.8) is 0 Å². The summed E-state index contributed by atoms with van der Waals surface area (Å²) in [6.45, 7) is 13.4. The van der Waals surface area contributed by atoms with Gasteiger partial charge in [-0.1, -0.05) is 49.7 Å². The Balaban J connectivity index is 1.23. The first kappa shape index (κ1) is 36.4. The minimum atomic E-state index is -1.16. The molecule has 2 aliphatic carbocycles. The van der Waals surface area contributed by atoms with Crippen LogP contribution < -0.4 is 10.6 Å². The molecular weight excluding hydrogens is 635 g/mol. The highest BCUT2D eigenvalue weighted by Crippen LogP contribution is 2.51. The summed E-state index contributed by atoms with van der Waals surface area (Å²) in [6, 6.07) is 10.1. The minimum Gasteiger partial charge on any atom is -0.360 e. The van der Waals surface area contributed by atoms with Gasteiger partial charge in [0.2, 0.25) is 5.91 Å². The summed E-state index contributed by atoms with van der Waals surface area (Å²) < 4.78 is 9.62. The quantitative estimate of drug-likeness (QED) is 0.0410. The Kier molecular flexibility index (Phi) is 12.4. The zero-order valence-electron chi connectivity index (χ0n) is 29.8. The Morgan fingerprint density at radius 1 is 1.02 bits per heavy atom. The second-order valence-electron chi connectivity index (χ2n) is 15.0. The van der Waals surface area contributed by atoms with E-state index in [0.29, 0.717) is 43.0 Å². The highest BCUT2D eigenvalue weighted by molar-refractivity contribution is 6.76. The average Bonchev–Trinajstić information content (AvgIpc) is 4.00. The lowest BCUT2D eigenvalue weighted by molar-refractivity contribution is -0.119. The van der Waals surface area contributed by atoms with E-state index in [1.807, 2.05) is 35.9 Å². The molecule has 2 N–H and O–H groups in total. The third kappa shape index (κ3) is 10.3. The van der Waals surface area contributed by atoms with E-state index >= 15 is 0 Å². The van der Waals surface area contributed by atoms with E-state index in [2.05, 4.69) is 52.3 Å². The van der Waals surface area contributed by atoms with Crippen LogP contribution in [-0.2, 0) is 22.8 Å². The summed E-state index contributed by atoms with van der Waals surface area (Å²) in [4.78, 5) is 30.4. The fraction of sp³-hybridized carbons (Fsp3) is 0.611. The zero-order chi connectivity index (χ0) is 35.0. The van der Waals surface area contributed by atoms with E-state index in [1.165, 1.54) is 0 Å². The maximum atomic E-state index is 14.0. The number of hydrogen-bond donors (Lipinski definition) is 2. The molecule has 12 nitrogen and oxygen atoms in total. The molecular formula is C36H53N9O3Si. The van der Waals surface area contributed by atoms with Crippen molar-refractivity contribution in [2.75, 3.05) is 18.5 Å². The van der Waals surface area contributed by atoms with Crippen LogP contribution in [0.1, 0.15) is 73.2 Å². The molecule has 1 aromatic carbocycles. The van der Waals surface area contributed by atoms with E-state index in [4.69, 9.17) is 15.4 Å². The van der Waals surface area contributed by atoms with E-state index < -0.39 is 14.1 Å². The summed E-state index contributed by atoms with van der Waals surface area (Å²) in [6.07, 6.45) is 9.64. The molecule has 2 amide bonds. The number of azide groups is 1. The van der Waals surface area contributed by atoms with E-state index in [-0.39, 0.29) is 17.7 Å². The maximum absolute atomic E-state index is 14.0. The second-order valence-corrected chi connectivity index (χ2v) is 20.6. The van der Waals surface area contributed by atoms with Gasteiger partial charge in [-0.2, -0.15) is 10.2 Å². The topological polar surface area (TPSA) is 152 Å². The van der Waals surface area contributed by atoms with E-state index in [9.17, 15) is 9.59 Å². The zero-order valence-corrected chi connectivity index (χ0v) is 30.8. The van der Waals surface area contributed by atoms with Crippen molar-refractivity contribution in [2.45, 2.75) is 110 Å². The number of ether oxygens (including phenoxy) is 1. The molecule has 2 fully saturated rings. The van der Waals surface area contributed by atoms with Crippen LogP contribution in [0, 0.1) is 31.6 Å². The number of nitrogens with zero attached hydrogens (tertiary/aromatic N) is 7. The van der Waals surface area contributed by atoms with Crippen LogP contribution >= 0.6 is 0 Å². The van der Waals surface area contributed by atoms with Gasteiger partial charge in [-0.3, -0.25) is 14.3 Å². The van der Waals surface area contributed by atoms with Crippen molar-refractivity contribution in [3.05, 3.63) is 64.1 Å². The predicted octanol–water partition coefficient (Wildman–Crippen LogP) is 7.72. The van der Waals surface area contributed by atoms with Gasteiger partial charge >= 0.3 is 0 Å². The number of carbonyl (C=O) groups excluding carboxylic acids is 2. The fourth-order valence-electron chi connectivity index (χ4n) is 6.70. The van der Waals surface area contributed by atoms with Crippen LogP contribution in [0.25, 0.3) is 21.6 Å².